The molecule has 0 radical (unpaired) electrons. The zero-order chi connectivity index (χ0) is 18.8. The van der Waals surface area contributed by atoms with Gasteiger partial charge in [0, 0.05) is 41.3 Å². The number of carbonyl (C=O) groups excluding carboxylic acids is 1. The molecule has 0 atom stereocenters. The van der Waals surface area contributed by atoms with E-state index >= 15 is 0 Å². The molecule has 0 spiro atoms. The number of rotatable bonds is 4. The number of hydrogen-bond donors (Lipinski definition) is 1. The van der Waals surface area contributed by atoms with Crippen LogP contribution < -0.4 is 5.32 Å². The Bertz CT molecular complexity index is 1120. The van der Waals surface area contributed by atoms with Crippen LogP contribution in [0.1, 0.15) is 23.0 Å². The van der Waals surface area contributed by atoms with Crippen LogP contribution in [0.15, 0.2) is 61.1 Å². The number of benzene rings is 1. The first kappa shape index (κ1) is 16.9. The Morgan fingerprint density at radius 3 is 2.67 bits per heavy atom. The van der Waals surface area contributed by atoms with Crippen LogP contribution in [-0.2, 0) is 6.54 Å². The number of amides is 1. The van der Waals surface area contributed by atoms with Gasteiger partial charge in [-0.1, -0.05) is 18.2 Å². The minimum absolute atomic E-state index is 0.179. The van der Waals surface area contributed by atoms with Crippen LogP contribution in [0, 0.1) is 6.92 Å². The van der Waals surface area contributed by atoms with Gasteiger partial charge in [-0.05, 0) is 38.1 Å². The van der Waals surface area contributed by atoms with Crippen LogP contribution in [0.4, 0.5) is 5.69 Å². The van der Waals surface area contributed by atoms with E-state index in [0.717, 1.165) is 34.4 Å². The van der Waals surface area contributed by atoms with Gasteiger partial charge in [0.05, 0.1) is 23.0 Å². The van der Waals surface area contributed by atoms with E-state index in [2.05, 4.69) is 15.4 Å². The third-order valence-corrected chi connectivity index (χ3v) is 4.58. The van der Waals surface area contributed by atoms with Crippen molar-refractivity contribution in [2.75, 3.05) is 5.32 Å². The molecule has 0 fully saturated rings. The molecule has 1 amide bonds. The van der Waals surface area contributed by atoms with E-state index in [9.17, 15) is 4.79 Å². The Balaban J connectivity index is 1.83. The van der Waals surface area contributed by atoms with E-state index in [1.165, 1.54) is 0 Å². The molecule has 4 rings (SSSR count). The van der Waals surface area contributed by atoms with Crippen molar-refractivity contribution in [3.05, 3.63) is 72.3 Å². The number of aromatic nitrogens is 4. The average molecular weight is 357 g/mol. The maximum absolute atomic E-state index is 13.0. The SMILES string of the molecule is CCn1ncc(-c2cc(C(=O)Nc3ccncc3)c3ccccc3n2)c1C. The van der Waals surface area contributed by atoms with E-state index in [1.54, 1.807) is 30.7 Å². The summed E-state index contributed by atoms with van der Waals surface area (Å²) in [5.74, 6) is -0.179. The van der Waals surface area contributed by atoms with Crippen molar-refractivity contribution in [2.45, 2.75) is 20.4 Å². The van der Waals surface area contributed by atoms with Crippen molar-refractivity contribution >= 4 is 22.5 Å². The molecule has 6 heteroatoms. The van der Waals surface area contributed by atoms with Gasteiger partial charge in [-0.3, -0.25) is 14.5 Å². The second kappa shape index (κ2) is 6.99. The number of nitrogens with one attached hydrogen (secondary N) is 1. The lowest BCUT2D eigenvalue weighted by atomic mass is 10.0. The fraction of sp³-hybridized carbons (Fsp3) is 0.143. The molecule has 0 aliphatic rings. The van der Waals surface area contributed by atoms with Gasteiger partial charge in [0.25, 0.3) is 5.91 Å². The monoisotopic (exact) mass is 357 g/mol. The molecule has 0 saturated heterocycles. The number of fused-ring (bicyclic) bond motifs is 1. The van der Waals surface area contributed by atoms with E-state index < -0.39 is 0 Å². The molecule has 6 nitrogen and oxygen atoms in total. The van der Waals surface area contributed by atoms with E-state index in [1.807, 2.05) is 48.9 Å². The summed E-state index contributed by atoms with van der Waals surface area (Å²) in [5.41, 5.74) is 4.76. The lowest BCUT2D eigenvalue weighted by Gasteiger charge is -2.10. The van der Waals surface area contributed by atoms with E-state index in [0.29, 0.717) is 11.3 Å². The average Bonchev–Trinajstić information content (AvgIpc) is 3.08. The summed E-state index contributed by atoms with van der Waals surface area (Å²) < 4.78 is 1.92. The van der Waals surface area contributed by atoms with Crippen LogP contribution in [-0.4, -0.2) is 25.7 Å². The minimum atomic E-state index is -0.179. The summed E-state index contributed by atoms with van der Waals surface area (Å²) in [6, 6.07) is 13.0. The summed E-state index contributed by atoms with van der Waals surface area (Å²) >= 11 is 0. The number of carbonyl (C=O) groups is 1. The van der Waals surface area contributed by atoms with Crippen molar-refractivity contribution in [3.63, 3.8) is 0 Å². The Kier molecular flexibility index (Phi) is 4.38. The van der Waals surface area contributed by atoms with Gasteiger partial charge in [0.2, 0.25) is 0 Å². The van der Waals surface area contributed by atoms with Crippen molar-refractivity contribution in [2.24, 2.45) is 0 Å². The third-order valence-electron chi connectivity index (χ3n) is 4.58. The highest BCUT2D eigenvalue weighted by atomic mass is 16.1. The molecule has 1 N–H and O–H groups in total. The van der Waals surface area contributed by atoms with Crippen molar-refractivity contribution in [1.29, 1.82) is 0 Å². The van der Waals surface area contributed by atoms with Gasteiger partial charge in [0.1, 0.15) is 0 Å². The predicted octanol–water partition coefficient (Wildman–Crippen LogP) is 4.07. The summed E-state index contributed by atoms with van der Waals surface area (Å²) in [4.78, 5) is 21.7. The van der Waals surface area contributed by atoms with Crippen LogP contribution in [0.25, 0.3) is 22.2 Å². The van der Waals surface area contributed by atoms with E-state index in [4.69, 9.17) is 4.98 Å². The molecular formula is C21H19N5O. The van der Waals surface area contributed by atoms with Crippen molar-refractivity contribution < 1.29 is 4.79 Å². The Morgan fingerprint density at radius 2 is 1.93 bits per heavy atom. The van der Waals surface area contributed by atoms with Crippen LogP contribution >= 0.6 is 0 Å². The quantitative estimate of drug-likeness (QED) is 0.597. The second-order valence-electron chi connectivity index (χ2n) is 6.22. The maximum Gasteiger partial charge on any atom is 0.256 e. The smallest absolute Gasteiger partial charge is 0.256 e. The third kappa shape index (κ3) is 3.17. The first-order valence-electron chi connectivity index (χ1n) is 8.81. The van der Waals surface area contributed by atoms with Gasteiger partial charge < -0.3 is 5.32 Å². The van der Waals surface area contributed by atoms with Gasteiger partial charge in [-0.15, -0.1) is 0 Å². The fourth-order valence-electron chi connectivity index (χ4n) is 3.15. The lowest BCUT2D eigenvalue weighted by Crippen LogP contribution is -2.13. The molecule has 134 valence electrons. The molecule has 0 aliphatic heterocycles. The fourth-order valence-corrected chi connectivity index (χ4v) is 3.15. The molecule has 0 bridgehead atoms. The normalized spacial score (nSPS) is 10.9. The zero-order valence-corrected chi connectivity index (χ0v) is 15.2. The Hall–Kier alpha value is -3.54. The number of pyridine rings is 2. The van der Waals surface area contributed by atoms with Crippen LogP contribution in [0.3, 0.4) is 0 Å². The molecule has 4 aromatic rings. The number of para-hydroxylation sites is 1. The highest BCUT2D eigenvalue weighted by molar-refractivity contribution is 6.13. The first-order chi connectivity index (χ1) is 13.2. The topological polar surface area (TPSA) is 72.7 Å². The zero-order valence-electron chi connectivity index (χ0n) is 15.2. The van der Waals surface area contributed by atoms with Gasteiger partial charge in [-0.2, -0.15) is 5.10 Å². The van der Waals surface area contributed by atoms with E-state index in [-0.39, 0.29) is 5.91 Å². The highest BCUT2D eigenvalue weighted by Gasteiger charge is 2.16. The summed E-state index contributed by atoms with van der Waals surface area (Å²) in [6.07, 6.45) is 5.10. The second-order valence-corrected chi connectivity index (χ2v) is 6.22. The molecule has 1 aromatic carbocycles. The molecule has 27 heavy (non-hydrogen) atoms. The van der Waals surface area contributed by atoms with Gasteiger partial charge in [-0.25, -0.2) is 4.98 Å². The van der Waals surface area contributed by atoms with Crippen LogP contribution in [0.2, 0.25) is 0 Å². The van der Waals surface area contributed by atoms with Gasteiger partial charge in [0.15, 0.2) is 0 Å². The minimum Gasteiger partial charge on any atom is -0.322 e. The standard InChI is InChI=1S/C21H19N5O/c1-3-26-14(2)18(13-23-26)20-12-17(16-6-4-5-7-19(16)25-20)21(27)24-15-8-10-22-11-9-15/h4-13H,3H2,1-2H3,(H,22,24,27). The molecule has 3 heterocycles. The first-order valence-corrected chi connectivity index (χ1v) is 8.81. The van der Waals surface area contributed by atoms with Crippen molar-refractivity contribution in [3.8, 4) is 11.3 Å². The molecule has 0 saturated carbocycles. The molecule has 0 unspecified atom stereocenters. The van der Waals surface area contributed by atoms with Gasteiger partial charge >= 0.3 is 0 Å². The lowest BCUT2D eigenvalue weighted by molar-refractivity contribution is 0.102. The highest BCUT2D eigenvalue weighted by Crippen LogP contribution is 2.27. The molecule has 0 aliphatic carbocycles. The summed E-state index contributed by atoms with van der Waals surface area (Å²) in [7, 11) is 0. The number of anilines is 1. The van der Waals surface area contributed by atoms with Crippen molar-refractivity contribution in [1.82, 2.24) is 19.7 Å². The number of aryl methyl sites for hydroxylation is 1. The number of hydrogen-bond acceptors (Lipinski definition) is 4. The Labute approximate surface area is 156 Å². The summed E-state index contributed by atoms with van der Waals surface area (Å²) in [6.45, 7) is 4.85. The summed E-state index contributed by atoms with van der Waals surface area (Å²) in [5, 5.41) is 8.15. The largest absolute Gasteiger partial charge is 0.322 e. The molecule has 3 aromatic heterocycles. The number of nitrogens with zero attached hydrogens (tertiary/aromatic N) is 4. The van der Waals surface area contributed by atoms with Crippen LogP contribution in [0.5, 0.6) is 0 Å². The predicted molar refractivity (Wildman–Crippen MR) is 106 cm³/mol. The maximum atomic E-state index is 13.0. The Morgan fingerprint density at radius 1 is 1.15 bits per heavy atom. The molecular weight excluding hydrogens is 338 g/mol.